The van der Waals surface area contributed by atoms with E-state index in [2.05, 4.69) is 20.8 Å². The van der Waals surface area contributed by atoms with Crippen molar-refractivity contribution in [1.82, 2.24) is 0 Å². The van der Waals surface area contributed by atoms with E-state index in [1.54, 1.807) is 0 Å². The van der Waals surface area contributed by atoms with Crippen molar-refractivity contribution >= 4 is 5.97 Å². The van der Waals surface area contributed by atoms with Crippen LogP contribution in [0.3, 0.4) is 0 Å². The molecule has 0 radical (unpaired) electrons. The third kappa shape index (κ3) is 0.945. The Balaban J connectivity index is 2.35. The van der Waals surface area contributed by atoms with Gasteiger partial charge in [-0.2, -0.15) is 0 Å². The van der Waals surface area contributed by atoms with Crippen molar-refractivity contribution in [3.63, 3.8) is 0 Å². The minimum atomic E-state index is -0.150. The molecule has 0 aromatic carbocycles. The normalized spacial score (nSPS) is 44.0. The Morgan fingerprint density at radius 1 is 1.43 bits per heavy atom. The molecular formula is C12H20O2. The number of hydrogen-bond acceptors (Lipinski definition) is 2. The number of carbonyl (C=O) groups excluding carboxylic acids is 1. The van der Waals surface area contributed by atoms with Gasteiger partial charge in [-0.3, -0.25) is 4.79 Å². The van der Waals surface area contributed by atoms with Gasteiger partial charge in [0.25, 0.3) is 0 Å². The summed E-state index contributed by atoms with van der Waals surface area (Å²) in [5.41, 5.74) is 0.162. The van der Waals surface area contributed by atoms with Crippen molar-refractivity contribution in [2.45, 2.75) is 40.0 Å². The fraction of sp³-hybridized carbons (Fsp3) is 0.917. The van der Waals surface area contributed by atoms with Gasteiger partial charge < -0.3 is 4.74 Å². The molecule has 0 aliphatic heterocycles. The van der Waals surface area contributed by atoms with E-state index in [4.69, 9.17) is 4.74 Å². The molecule has 3 atom stereocenters. The summed E-state index contributed by atoms with van der Waals surface area (Å²) in [5.74, 6) is 1.20. The molecule has 0 N–H and O–H groups in total. The second kappa shape index (κ2) is 2.74. The first-order chi connectivity index (χ1) is 6.45. The van der Waals surface area contributed by atoms with E-state index in [1.807, 2.05) is 0 Å². The van der Waals surface area contributed by atoms with Crippen molar-refractivity contribution < 1.29 is 9.53 Å². The zero-order chi connectivity index (χ0) is 10.6. The van der Waals surface area contributed by atoms with Gasteiger partial charge in [0.2, 0.25) is 0 Å². The summed E-state index contributed by atoms with van der Waals surface area (Å²) in [6.07, 6.45) is 3.29. The molecule has 0 aromatic heterocycles. The highest BCUT2D eigenvalue weighted by Crippen LogP contribution is 2.66. The molecule has 2 rings (SSSR count). The van der Waals surface area contributed by atoms with Crippen molar-refractivity contribution in [3.8, 4) is 0 Å². The van der Waals surface area contributed by atoms with Crippen molar-refractivity contribution in [2.24, 2.45) is 22.7 Å². The fourth-order valence-electron chi connectivity index (χ4n) is 3.74. The summed E-state index contributed by atoms with van der Waals surface area (Å²) >= 11 is 0. The number of esters is 1. The first-order valence-corrected chi connectivity index (χ1v) is 5.53. The van der Waals surface area contributed by atoms with Crippen LogP contribution in [0, 0.1) is 22.7 Å². The Morgan fingerprint density at radius 3 is 2.50 bits per heavy atom. The predicted molar refractivity (Wildman–Crippen MR) is 54.7 cm³/mol. The molecule has 80 valence electrons. The summed E-state index contributed by atoms with van der Waals surface area (Å²) in [5, 5.41) is 0. The van der Waals surface area contributed by atoms with Crippen LogP contribution in [0.5, 0.6) is 0 Å². The van der Waals surface area contributed by atoms with Gasteiger partial charge >= 0.3 is 5.97 Å². The van der Waals surface area contributed by atoms with Crippen molar-refractivity contribution in [2.75, 3.05) is 7.11 Å². The van der Waals surface area contributed by atoms with Crippen LogP contribution in [0.15, 0.2) is 0 Å². The summed E-state index contributed by atoms with van der Waals surface area (Å²) in [6.45, 7) is 6.81. The lowest BCUT2D eigenvalue weighted by molar-refractivity contribution is -0.156. The lowest BCUT2D eigenvalue weighted by Crippen LogP contribution is -2.40. The van der Waals surface area contributed by atoms with E-state index in [-0.39, 0.29) is 11.4 Å². The maximum atomic E-state index is 11.9. The van der Waals surface area contributed by atoms with Gasteiger partial charge in [0.1, 0.15) is 0 Å². The minimum Gasteiger partial charge on any atom is -0.469 e. The van der Waals surface area contributed by atoms with Gasteiger partial charge in [0.05, 0.1) is 12.5 Å². The quantitative estimate of drug-likeness (QED) is 0.603. The molecule has 0 saturated heterocycles. The van der Waals surface area contributed by atoms with E-state index in [0.29, 0.717) is 11.3 Å². The molecule has 14 heavy (non-hydrogen) atoms. The number of fused-ring (bicyclic) bond motifs is 2. The van der Waals surface area contributed by atoms with E-state index >= 15 is 0 Å². The molecule has 0 heterocycles. The Labute approximate surface area is 86.0 Å². The van der Waals surface area contributed by atoms with Crippen molar-refractivity contribution in [3.05, 3.63) is 0 Å². The third-order valence-corrected chi connectivity index (χ3v) is 5.14. The zero-order valence-corrected chi connectivity index (χ0v) is 9.59. The number of hydrogen-bond donors (Lipinski definition) is 0. The molecule has 2 aliphatic carbocycles. The van der Waals surface area contributed by atoms with Gasteiger partial charge in [-0.1, -0.05) is 20.8 Å². The monoisotopic (exact) mass is 196 g/mol. The Bertz CT molecular complexity index is 269. The highest BCUT2D eigenvalue weighted by Gasteiger charge is 2.63. The van der Waals surface area contributed by atoms with E-state index in [9.17, 15) is 4.79 Å². The highest BCUT2D eigenvalue weighted by atomic mass is 16.5. The Hall–Kier alpha value is -0.530. The van der Waals surface area contributed by atoms with Crippen LogP contribution in [0.2, 0.25) is 0 Å². The lowest BCUT2D eigenvalue weighted by Gasteiger charge is -2.40. The highest BCUT2D eigenvalue weighted by molar-refractivity contribution is 5.78. The average Bonchev–Trinajstić information content (AvgIpc) is 2.66. The van der Waals surface area contributed by atoms with Gasteiger partial charge in [0, 0.05) is 0 Å². The zero-order valence-electron chi connectivity index (χ0n) is 9.59. The molecule has 2 bridgehead atoms. The average molecular weight is 196 g/mol. The number of rotatable bonds is 1. The SMILES string of the molecule is COC(=O)[C@@]12CC[C@@H](C1)C(C)(C)[C@@H]2C. The summed E-state index contributed by atoms with van der Waals surface area (Å²) in [4.78, 5) is 11.9. The van der Waals surface area contributed by atoms with Crippen LogP contribution in [-0.4, -0.2) is 13.1 Å². The predicted octanol–water partition coefficient (Wildman–Crippen LogP) is 2.62. The van der Waals surface area contributed by atoms with Crippen LogP contribution < -0.4 is 0 Å². The first-order valence-electron chi connectivity index (χ1n) is 5.53. The van der Waals surface area contributed by atoms with Crippen LogP contribution >= 0.6 is 0 Å². The molecule has 0 amide bonds. The van der Waals surface area contributed by atoms with Crippen LogP contribution in [0.1, 0.15) is 40.0 Å². The second-order valence-corrected chi connectivity index (χ2v) is 5.63. The summed E-state index contributed by atoms with van der Waals surface area (Å²) in [6, 6.07) is 0. The molecule has 2 heteroatoms. The lowest BCUT2D eigenvalue weighted by atomic mass is 9.64. The molecule has 2 aliphatic rings. The van der Waals surface area contributed by atoms with Gasteiger partial charge in [0.15, 0.2) is 0 Å². The van der Waals surface area contributed by atoms with Crippen LogP contribution in [0.4, 0.5) is 0 Å². The first kappa shape index (κ1) is 10.0. The number of ether oxygens (including phenoxy) is 1. The van der Waals surface area contributed by atoms with Gasteiger partial charge in [-0.05, 0) is 36.5 Å². The Morgan fingerprint density at radius 2 is 2.07 bits per heavy atom. The standard InChI is InChI=1S/C12H20O2/c1-8-11(2,3)9-5-6-12(8,7-9)10(13)14-4/h8-9H,5-7H2,1-4H3/t8-,9-,12-/m0/s1. The number of methoxy groups -OCH3 is 1. The smallest absolute Gasteiger partial charge is 0.312 e. The fourth-order valence-corrected chi connectivity index (χ4v) is 3.74. The maximum absolute atomic E-state index is 11.9. The molecule has 0 unspecified atom stereocenters. The van der Waals surface area contributed by atoms with Crippen molar-refractivity contribution in [1.29, 1.82) is 0 Å². The number of carbonyl (C=O) groups is 1. The van der Waals surface area contributed by atoms with E-state index < -0.39 is 0 Å². The molecule has 2 saturated carbocycles. The molecular weight excluding hydrogens is 176 g/mol. The van der Waals surface area contributed by atoms with E-state index in [0.717, 1.165) is 18.8 Å². The molecule has 2 nitrogen and oxygen atoms in total. The minimum absolute atomic E-state index is 0.0260. The van der Waals surface area contributed by atoms with Gasteiger partial charge in [-0.25, -0.2) is 0 Å². The summed E-state index contributed by atoms with van der Waals surface area (Å²) in [7, 11) is 1.52. The second-order valence-electron chi connectivity index (χ2n) is 5.63. The third-order valence-electron chi connectivity index (χ3n) is 5.14. The molecule has 0 spiro atoms. The molecule has 0 aromatic rings. The topological polar surface area (TPSA) is 26.3 Å². The maximum Gasteiger partial charge on any atom is 0.312 e. The van der Waals surface area contributed by atoms with E-state index in [1.165, 1.54) is 13.5 Å². The Kier molecular flexibility index (Phi) is 1.96. The summed E-state index contributed by atoms with van der Waals surface area (Å²) < 4.78 is 4.98. The van der Waals surface area contributed by atoms with Crippen LogP contribution in [0.25, 0.3) is 0 Å². The van der Waals surface area contributed by atoms with Crippen LogP contribution in [-0.2, 0) is 9.53 Å². The molecule has 2 fully saturated rings. The largest absolute Gasteiger partial charge is 0.469 e. The van der Waals surface area contributed by atoms with Gasteiger partial charge in [-0.15, -0.1) is 0 Å².